The molecular weight excluding hydrogens is 230 g/mol. The minimum atomic E-state index is 0.642. The lowest BCUT2D eigenvalue weighted by Crippen LogP contribution is -2.32. The van der Waals surface area contributed by atoms with Crippen molar-refractivity contribution in [1.82, 2.24) is 4.90 Å². The second-order valence-corrected chi connectivity index (χ2v) is 6.16. The zero-order chi connectivity index (χ0) is 13.1. The molecule has 3 heteroatoms. The van der Waals surface area contributed by atoms with E-state index in [4.69, 9.17) is 4.74 Å². The predicted molar refractivity (Wildman–Crippen MR) is 79.7 cm³/mol. The first-order valence-electron chi connectivity index (χ1n) is 6.88. The van der Waals surface area contributed by atoms with Crippen LogP contribution in [0.15, 0.2) is 0 Å². The third kappa shape index (κ3) is 11.1. The fraction of sp³-hybridized carbons (Fsp3) is 1.00. The van der Waals surface area contributed by atoms with Crippen LogP contribution < -0.4 is 0 Å². The molecule has 0 fully saturated rings. The molecule has 0 saturated heterocycles. The van der Waals surface area contributed by atoms with Crippen LogP contribution in [-0.4, -0.2) is 42.8 Å². The maximum Gasteiger partial charge on any atom is 0.0478 e. The van der Waals surface area contributed by atoms with Crippen LogP contribution in [0.3, 0.4) is 0 Å². The Kier molecular flexibility index (Phi) is 11.5. The van der Waals surface area contributed by atoms with Gasteiger partial charge in [-0.2, -0.15) is 0 Å². The molecule has 0 amide bonds. The average molecular weight is 261 g/mol. The van der Waals surface area contributed by atoms with Gasteiger partial charge in [-0.1, -0.05) is 13.8 Å². The zero-order valence-corrected chi connectivity index (χ0v) is 13.2. The van der Waals surface area contributed by atoms with Gasteiger partial charge >= 0.3 is 0 Å². The molecule has 104 valence electrons. The summed E-state index contributed by atoms with van der Waals surface area (Å²) >= 11 is 1.90. The van der Waals surface area contributed by atoms with Gasteiger partial charge in [0, 0.05) is 31.7 Å². The molecule has 0 bridgehead atoms. The van der Waals surface area contributed by atoms with Crippen molar-refractivity contribution in [3.8, 4) is 0 Å². The van der Waals surface area contributed by atoms with Crippen LogP contribution in [0.5, 0.6) is 0 Å². The molecule has 17 heavy (non-hydrogen) atoms. The highest BCUT2D eigenvalue weighted by atomic mass is 32.2. The Morgan fingerprint density at radius 3 is 2.24 bits per heavy atom. The quantitative estimate of drug-likeness (QED) is 0.414. The summed E-state index contributed by atoms with van der Waals surface area (Å²) < 4.78 is 5.66. The van der Waals surface area contributed by atoms with Gasteiger partial charge in [0.05, 0.1) is 0 Å². The number of hydrogen-bond acceptors (Lipinski definition) is 3. The minimum absolute atomic E-state index is 0.642. The van der Waals surface area contributed by atoms with Crippen molar-refractivity contribution in [2.75, 3.05) is 31.9 Å². The minimum Gasteiger partial charge on any atom is -0.381 e. The smallest absolute Gasteiger partial charge is 0.0478 e. The van der Waals surface area contributed by atoms with E-state index < -0.39 is 0 Å². The molecule has 0 aromatic carbocycles. The fourth-order valence-electron chi connectivity index (χ4n) is 1.70. The first kappa shape index (κ1) is 17.3. The molecule has 0 aliphatic carbocycles. The van der Waals surface area contributed by atoms with E-state index in [2.05, 4.69) is 38.9 Å². The molecule has 0 spiro atoms. The van der Waals surface area contributed by atoms with Crippen LogP contribution in [0.2, 0.25) is 0 Å². The van der Waals surface area contributed by atoms with Crippen molar-refractivity contribution >= 4 is 11.8 Å². The molecule has 0 rings (SSSR count). The standard InChI is InChI=1S/C14H31NOS/c1-13(2)8-6-10-16-11-7-9-15(12-17-5)14(3)4/h13-14H,6-12H2,1-5H3. The molecule has 0 aromatic heterocycles. The van der Waals surface area contributed by atoms with Crippen LogP contribution in [-0.2, 0) is 4.74 Å². The number of nitrogens with zero attached hydrogens (tertiary/aromatic N) is 1. The van der Waals surface area contributed by atoms with Crippen LogP contribution in [0.25, 0.3) is 0 Å². The Labute approximate surface area is 112 Å². The Bertz CT molecular complexity index is 162. The van der Waals surface area contributed by atoms with Crippen LogP contribution in [0.4, 0.5) is 0 Å². The van der Waals surface area contributed by atoms with Crippen molar-refractivity contribution in [2.45, 2.75) is 53.0 Å². The van der Waals surface area contributed by atoms with Crippen molar-refractivity contribution in [3.05, 3.63) is 0 Å². The van der Waals surface area contributed by atoms with Gasteiger partial charge in [-0.05, 0) is 45.3 Å². The Hall–Kier alpha value is 0.270. The molecule has 0 atom stereocenters. The van der Waals surface area contributed by atoms with Crippen LogP contribution in [0, 0.1) is 5.92 Å². The van der Waals surface area contributed by atoms with Gasteiger partial charge in [-0.3, -0.25) is 4.90 Å². The summed E-state index contributed by atoms with van der Waals surface area (Å²) in [5.41, 5.74) is 0. The van der Waals surface area contributed by atoms with Crippen molar-refractivity contribution in [3.63, 3.8) is 0 Å². The Morgan fingerprint density at radius 2 is 1.71 bits per heavy atom. The highest BCUT2D eigenvalue weighted by Crippen LogP contribution is 2.06. The summed E-state index contributed by atoms with van der Waals surface area (Å²) in [4.78, 5) is 2.50. The second kappa shape index (κ2) is 11.4. The van der Waals surface area contributed by atoms with Crippen LogP contribution >= 0.6 is 11.8 Å². The van der Waals surface area contributed by atoms with E-state index in [-0.39, 0.29) is 0 Å². The van der Waals surface area contributed by atoms with E-state index in [0.29, 0.717) is 6.04 Å². The van der Waals surface area contributed by atoms with E-state index in [9.17, 15) is 0 Å². The Balaban J connectivity index is 3.36. The van der Waals surface area contributed by atoms with Gasteiger partial charge in [0.15, 0.2) is 0 Å². The summed E-state index contributed by atoms with van der Waals surface area (Å²) in [5.74, 6) is 1.93. The highest BCUT2D eigenvalue weighted by Gasteiger charge is 2.07. The summed E-state index contributed by atoms with van der Waals surface area (Å²) in [5, 5.41) is 0. The maximum absolute atomic E-state index is 5.66. The van der Waals surface area contributed by atoms with Gasteiger partial charge in [0.25, 0.3) is 0 Å². The SMILES string of the molecule is CSCN(CCCOCCCC(C)C)C(C)C. The summed E-state index contributed by atoms with van der Waals surface area (Å²) in [6.07, 6.45) is 5.80. The molecule has 0 heterocycles. The third-order valence-corrected chi connectivity index (χ3v) is 3.42. The van der Waals surface area contributed by atoms with E-state index in [1.807, 2.05) is 11.8 Å². The molecule has 0 unspecified atom stereocenters. The monoisotopic (exact) mass is 261 g/mol. The van der Waals surface area contributed by atoms with E-state index in [0.717, 1.165) is 38.0 Å². The molecule has 0 aliphatic heterocycles. The second-order valence-electron chi connectivity index (χ2n) is 5.33. The molecule has 0 aromatic rings. The first-order valence-corrected chi connectivity index (χ1v) is 8.28. The van der Waals surface area contributed by atoms with Crippen LogP contribution in [0.1, 0.15) is 47.0 Å². The number of rotatable bonds is 11. The van der Waals surface area contributed by atoms with Gasteiger partial charge in [-0.15, -0.1) is 11.8 Å². The highest BCUT2D eigenvalue weighted by molar-refractivity contribution is 7.98. The third-order valence-electron chi connectivity index (χ3n) is 2.83. The van der Waals surface area contributed by atoms with Gasteiger partial charge in [-0.25, -0.2) is 0 Å². The Morgan fingerprint density at radius 1 is 1.06 bits per heavy atom. The summed E-state index contributed by atoms with van der Waals surface area (Å²) in [6, 6.07) is 0.642. The summed E-state index contributed by atoms with van der Waals surface area (Å²) in [7, 11) is 0. The molecule has 0 radical (unpaired) electrons. The van der Waals surface area contributed by atoms with Crippen molar-refractivity contribution in [2.24, 2.45) is 5.92 Å². The number of hydrogen-bond donors (Lipinski definition) is 0. The largest absolute Gasteiger partial charge is 0.381 e. The molecule has 0 saturated carbocycles. The van der Waals surface area contributed by atoms with Crippen molar-refractivity contribution in [1.29, 1.82) is 0 Å². The summed E-state index contributed by atoms with van der Waals surface area (Å²) in [6.45, 7) is 12.1. The molecule has 2 nitrogen and oxygen atoms in total. The van der Waals surface area contributed by atoms with Gasteiger partial charge < -0.3 is 4.74 Å². The lowest BCUT2D eigenvalue weighted by molar-refractivity contribution is 0.114. The zero-order valence-electron chi connectivity index (χ0n) is 12.4. The van der Waals surface area contributed by atoms with Gasteiger partial charge in [0.1, 0.15) is 0 Å². The maximum atomic E-state index is 5.66. The average Bonchev–Trinajstić information content (AvgIpc) is 2.25. The lowest BCUT2D eigenvalue weighted by atomic mass is 10.1. The molecule has 0 aliphatic rings. The van der Waals surface area contributed by atoms with Crippen molar-refractivity contribution < 1.29 is 4.74 Å². The van der Waals surface area contributed by atoms with E-state index in [1.54, 1.807) is 0 Å². The van der Waals surface area contributed by atoms with Gasteiger partial charge in [0.2, 0.25) is 0 Å². The predicted octanol–water partition coefficient (Wildman–Crippen LogP) is 3.86. The van der Waals surface area contributed by atoms with E-state index >= 15 is 0 Å². The topological polar surface area (TPSA) is 12.5 Å². The number of thioether (sulfide) groups is 1. The van der Waals surface area contributed by atoms with E-state index in [1.165, 1.54) is 12.8 Å². The number of ether oxygens (including phenoxy) is 1. The molecule has 0 N–H and O–H groups in total. The fourth-order valence-corrected chi connectivity index (χ4v) is 2.46. The normalized spacial score (nSPS) is 12.0. The molecular formula is C14H31NOS. The first-order chi connectivity index (χ1) is 8.07. The lowest BCUT2D eigenvalue weighted by Gasteiger charge is -2.25.